The van der Waals surface area contributed by atoms with Gasteiger partial charge in [0.05, 0.1) is 17.2 Å². The molecule has 1 aromatic heterocycles. The number of nitrogens with one attached hydrogen (secondary N) is 1. The van der Waals surface area contributed by atoms with Crippen molar-refractivity contribution < 1.29 is 9.34 Å². The van der Waals surface area contributed by atoms with E-state index < -0.39 is 0 Å². The fraction of sp³-hybridized carbons (Fsp3) is 0.286. The van der Waals surface area contributed by atoms with Crippen LogP contribution >= 0.6 is 0 Å². The zero-order valence-corrected chi connectivity index (χ0v) is 10.9. The van der Waals surface area contributed by atoms with Crippen molar-refractivity contribution in [2.24, 2.45) is 0 Å². The van der Waals surface area contributed by atoms with Crippen molar-refractivity contribution in [1.82, 2.24) is 5.32 Å². The molecule has 2 atom stereocenters. The molecule has 0 spiro atoms. The van der Waals surface area contributed by atoms with Gasteiger partial charge in [-0.1, -0.05) is 18.2 Å². The Morgan fingerprint density at radius 2 is 1.89 bits per heavy atom. The van der Waals surface area contributed by atoms with Crippen LogP contribution in [-0.4, -0.2) is 4.92 Å². The van der Waals surface area contributed by atoms with Crippen LogP contribution in [0, 0.1) is 10.1 Å². The maximum Gasteiger partial charge on any atom is 0.274 e. The van der Waals surface area contributed by atoms with Gasteiger partial charge in [0, 0.05) is 17.7 Å². The van der Waals surface area contributed by atoms with Crippen LogP contribution in [0.1, 0.15) is 37.3 Å². The molecule has 0 saturated carbocycles. The van der Waals surface area contributed by atoms with Crippen LogP contribution in [0.2, 0.25) is 0 Å². The molecule has 5 heteroatoms. The number of para-hydroxylation sites is 1. The van der Waals surface area contributed by atoms with Gasteiger partial charge in [-0.05, 0) is 26.0 Å². The van der Waals surface area contributed by atoms with Crippen molar-refractivity contribution >= 4 is 5.69 Å². The van der Waals surface area contributed by atoms with E-state index in [1.165, 1.54) is 6.07 Å². The molecule has 100 valence electrons. The molecule has 0 aliphatic carbocycles. The van der Waals surface area contributed by atoms with Gasteiger partial charge in [-0.2, -0.15) is 0 Å². The third-order valence-corrected chi connectivity index (χ3v) is 3.07. The fourth-order valence-corrected chi connectivity index (χ4v) is 2.10. The number of hydrogen-bond acceptors (Lipinski definition) is 4. The second-order valence-electron chi connectivity index (χ2n) is 4.44. The second kappa shape index (κ2) is 5.67. The zero-order valence-electron chi connectivity index (χ0n) is 10.9. The molecule has 1 aromatic carbocycles. The number of rotatable bonds is 5. The normalized spacial score (nSPS) is 14.0. The maximum absolute atomic E-state index is 11.0. The largest absolute Gasteiger partial charge is 0.468 e. The van der Waals surface area contributed by atoms with E-state index in [2.05, 4.69) is 5.32 Å². The predicted molar refractivity (Wildman–Crippen MR) is 71.8 cm³/mol. The van der Waals surface area contributed by atoms with E-state index in [1.807, 2.05) is 26.0 Å². The maximum atomic E-state index is 11.0. The molecule has 0 saturated heterocycles. The number of benzene rings is 1. The lowest BCUT2D eigenvalue weighted by Gasteiger charge is -2.18. The highest BCUT2D eigenvalue weighted by Gasteiger charge is 2.20. The Hall–Kier alpha value is -2.14. The Labute approximate surface area is 111 Å². The van der Waals surface area contributed by atoms with Crippen molar-refractivity contribution in [2.45, 2.75) is 25.9 Å². The molecule has 0 aliphatic rings. The first-order chi connectivity index (χ1) is 9.09. The van der Waals surface area contributed by atoms with Crippen molar-refractivity contribution in [3.63, 3.8) is 0 Å². The third kappa shape index (κ3) is 3.00. The van der Waals surface area contributed by atoms with Gasteiger partial charge in [-0.15, -0.1) is 0 Å². The first kappa shape index (κ1) is 13.3. The van der Waals surface area contributed by atoms with E-state index in [0.717, 1.165) is 5.76 Å². The second-order valence-corrected chi connectivity index (χ2v) is 4.44. The lowest BCUT2D eigenvalue weighted by Crippen LogP contribution is -2.22. The Bertz CT molecular complexity index is 552. The molecule has 0 radical (unpaired) electrons. The van der Waals surface area contributed by atoms with Gasteiger partial charge >= 0.3 is 0 Å². The predicted octanol–water partition coefficient (Wildman–Crippen LogP) is 3.60. The van der Waals surface area contributed by atoms with E-state index in [4.69, 9.17) is 4.42 Å². The van der Waals surface area contributed by atoms with Crippen molar-refractivity contribution in [3.05, 3.63) is 64.1 Å². The fourth-order valence-electron chi connectivity index (χ4n) is 2.10. The lowest BCUT2D eigenvalue weighted by molar-refractivity contribution is -0.385. The molecule has 19 heavy (non-hydrogen) atoms. The Morgan fingerprint density at radius 3 is 2.53 bits per heavy atom. The minimum absolute atomic E-state index is 0.00943. The highest BCUT2D eigenvalue weighted by molar-refractivity contribution is 5.41. The van der Waals surface area contributed by atoms with Gasteiger partial charge in [-0.25, -0.2) is 0 Å². The van der Waals surface area contributed by atoms with Gasteiger partial charge in [0.15, 0.2) is 0 Å². The van der Waals surface area contributed by atoms with Gasteiger partial charge in [-0.3, -0.25) is 10.1 Å². The molecule has 0 aliphatic heterocycles. The molecule has 0 bridgehead atoms. The molecular formula is C14H16N2O3. The highest BCUT2D eigenvalue weighted by atomic mass is 16.6. The minimum atomic E-state index is -0.356. The monoisotopic (exact) mass is 260 g/mol. The highest BCUT2D eigenvalue weighted by Crippen LogP contribution is 2.26. The van der Waals surface area contributed by atoms with E-state index in [9.17, 15) is 10.1 Å². The Balaban J connectivity index is 2.16. The first-order valence-electron chi connectivity index (χ1n) is 6.12. The van der Waals surface area contributed by atoms with Gasteiger partial charge in [0.25, 0.3) is 5.69 Å². The van der Waals surface area contributed by atoms with Gasteiger partial charge in [0.2, 0.25) is 0 Å². The molecule has 0 fully saturated rings. The zero-order chi connectivity index (χ0) is 13.8. The van der Waals surface area contributed by atoms with Crippen LogP contribution in [0.25, 0.3) is 0 Å². The summed E-state index contributed by atoms with van der Waals surface area (Å²) in [6, 6.07) is 10.3. The SMILES string of the molecule is CC(NC(C)c1ccccc1[N+](=O)[O-])c1ccco1. The quantitative estimate of drug-likeness (QED) is 0.658. The Morgan fingerprint density at radius 1 is 1.16 bits per heavy atom. The molecular weight excluding hydrogens is 244 g/mol. The van der Waals surface area contributed by atoms with Crippen LogP contribution in [0.4, 0.5) is 5.69 Å². The van der Waals surface area contributed by atoms with E-state index in [1.54, 1.807) is 24.5 Å². The molecule has 1 heterocycles. The molecule has 2 aromatic rings. The standard InChI is InChI=1S/C14H16N2O3/c1-10(15-11(2)14-8-5-9-19-14)12-6-3-4-7-13(12)16(17)18/h3-11,15H,1-2H3. The van der Waals surface area contributed by atoms with Crippen LogP contribution in [0.5, 0.6) is 0 Å². The average Bonchev–Trinajstić information content (AvgIpc) is 2.92. The number of furan rings is 1. The molecule has 2 unspecified atom stereocenters. The van der Waals surface area contributed by atoms with E-state index in [0.29, 0.717) is 5.56 Å². The lowest BCUT2D eigenvalue weighted by atomic mass is 10.1. The number of hydrogen-bond donors (Lipinski definition) is 1. The molecule has 5 nitrogen and oxygen atoms in total. The summed E-state index contributed by atoms with van der Waals surface area (Å²) in [4.78, 5) is 10.6. The molecule has 1 N–H and O–H groups in total. The van der Waals surface area contributed by atoms with Crippen LogP contribution in [0.3, 0.4) is 0 Å². The summed E-state index contributed by atoms with van der Waals surface area (Å²) in [5.74, 6) is 0.811. The van der Waals surface area contributed by atoms with Crippen molar-refractivity contribution in [3.8, 4) is 0 Å². The average molecular weight is 260 g/mol. The summed E-state index contributed by atoms with van der Waals surface area (Å²) in [6.45, 7) is 3.87. The number of nitro groups is 1. The van der Waals surface area contributed by atoms with Crippen LogP contribution in [0.15, 0.2) is 47.1 Å². The third-order valence-electron chi connectivity index (χ3n) is 3.07. The Kier molecular flexibility index (Phi) is 3.97. The summed E-state index contributed by atoms with van der Waals surface area (Å²) < 4.78 is 5.31. The summed E-state index contributed by atoms with van der Waals surface area (Å²) in [5.41, 5.74) is 0.806. The molecule has 2 rings (SSSR count). The van der Waals surface area contributed by atoms with Crippen molar-refractivity contribution in [1.29, 1.82) is 0 Å². The van der Waals surface area contributed by atoms with Crippen LogP contribution in [-0.2, 0) is 0 Å². The van der Waals surface area contributed by atoms with E-state index >= 15 is 0 Å². The number of nitro benzene ring substituents is 1. The molecule has 0 amide bonds. The summed E-state index contributed by atoms with van der Waals surface area (Å²) in [7, 11) is 0. The van der Waals surface area contributed by atoms with E-state index in [-0.39, 0.29) is 22.7 Å². The summed E-state index contributed by atoms with van der Waals surface area (Å²) in [6.07, 6.45) is 1.61. The summed E-state index contributed by atoms with van der Waals surface area (Å²) >= 11 is 0. The minimum Gasteiger partial charge on any atom is -0.468 e. The smallest absolute Gasteiger partial charge is 0.274 e. The summed E-state index contributed by atoms with van der Waals surface area (Å²) in [5, 5.41) is 14.3. The first-order valence-corrected chi connectivity index (χ1v) is 6.12. The van der Waals surface area contributed by atoms with Gasteiger partial charge in [0.1, 0.15) is 5.76 Å². The van der Waals surface area contributed by atoms with Crippen LogP contribution < -0.4 is 5.32 Å². The topological polar surface area (TPSA) is 68.3 Å². The van der Waals surface area contributed by atoms with Gasteiger partial charge < -0.3 is 9.73 Å². The number of nitrogens with zero attached hydrogens (tertiary/aromatic N) is 1. The van der Waals surface area contributed by atoms with Crippen molar-refractivity contribution in [2.75, 3.05) is 0 Å².